The van der Waals surface area contributed by atoms with Crippen molar-refractivity contribution in [2.45, 2.75) is 31.8 Å². The number of primary amides is 1. The van der Waals surface area contributed by atoms with E-state index in [1.165, 1.54) is 0 Å². The largest absolute Gasteiger partial charge is 0.497 e. The zero-order chi connectivity index (χ0) is 20.5. The van der Waals surface area contributed by atoms with Crippen LogP contribution < -0.4 is 10.5 Å². The van der Waals surface area contributed by atoms with Gasteiger partial charge in [-0.25, -0.2) is 0 Å². The maximum absolute atomic E-state index is 13.4. The molecule has 0 unspecified atom stereocenters. The molecule has 3 aromatic rings. The van der Waals surface area contributed by atoms with Gasteiger partial charge in [-0.15, -0.1) is 0 Å². The Morgan fingerprint density at radius 3 is 2.45 bits per heavy atom. The third-order valence-electron chi connectivity index (χ3n) is 5.80. The van der Waals surface area contributed by atoms with Gasteiger partial charge in [-0.1, -0.05) is 48.5 Å². The summed E-state index contributed by atoms with van der Waals surface area (Å²) in [4.78, 5) is 27.1. The maximum Gasteiger partial charge on any atom is 0.240 e. The lowest BCUT2D eigenvalue weighted by Crippen LogP contribution is -2.52. The summed E-state index contributed by atoms with van der Waals surface area (Å²) in [6, 6.07) is 19.1. The van der Waals surface area contributed by atoms with Crippen molar-refractivity contribution in [1.29, 1.82) is 0 Å². The number of fused-ring (bicyclic) bond motifs is 2. The molecule has 1 aliphatic rings. The molecule has 1 aliphatic heterocycles. The number of hydrogen-bond donors (Lipinski definition) is 1. The van der Waals surface area contributed by atoms with Gasteiger partial charge in [0.05, 0.1) is 13.0 Å². The lowest BCUT2D eigenvalue weighted by atomic mass is 9.90. The van der Waals surface area contributed by atoms with Crippen molar-refractivity contribution in [1.82, 2.24) is 4.90 Å². The molecular weight excluding hydrogens is 364 g/mol. The number of nitrogens with two attached hydrogens (primary N) is 1. The third-order valence-corrected chi connectivity index (χ3v) is 5.80. The molecule has 2 amide bonds. The summed E-state index contributed by atoms with van der Waals surface area (Å²) >= 11 is 0. The number of carbonyl (C=O) groups is 2. The van der Waals surface area contributed by atoms with Crippen molar-refractivity contribution in [3.63, 3.8) is 0 Å². The monoisotopic (exact) mass is 388 g/mol. The maximum atomic E-state index is 13.4. The topological polar surface area (TPSA) is 72.6 Å². The van der Waals surface area contributed by atoms with E-state index in [1.807, 2.05) is 67.6 Å². The molecule has 0 saturated heterocycles. The van der Waals surface area contributed by atoms with Crippen LogP contribution in [0.2, 0.25) is 0 Å². The van der Waals surface area contributed by atoms with Crippen molar-refractivity contribution in [3.8, 4) is 5.75 Å². The molecule has 0 radical (unpaired) electrons. The van der Waals surface area contributed by atoms with Gasteiger partial charge >= 0.3 is 0 Å². The van der Waals surface area contributed by atoms with Crippen LogP contribution in [0.1, 0.15) is 29.5 Å². The van der Waals surface area contributed by atoms with Crippen LogP contribution >= 0.6 is 0 Å². The number of hydrogen-bond acceptors (Lipinski definition) is 3. The van der Waals surface area contributed by atoms with Crippen molar-refractivity contribution in [2.75, 3.05) is 7.11 Å². The fraction of sp³-hybridized carbons (Fsp3) is 0.250. The normalized spacial score (nSPS) is 16.9. The molecule has 0 aliphatic carbocycles. The Hall–Kier alpha value is -3.34. The summed E-state index contributed by atoms with van der Waals surface area (Å²) in [7, 11) is 1.64. The molecule has 148 valence electrons. The van der Waals surface area contributed by atoms with Crippen LogP contribution in [0.4, 0.5) is 0 Å². The van der Waals surface area contributed by atoms with Crippen molar-refractivity contribution < 1.29 is 14.3 Å². The van der Waals surface area contributed by atoms with Gasteiger partial charge < -0.3 is 15.4 Å². The minimum Gasteiger partial charge on any atom is -0.497 e. The first-order chi connectivity index (χ1) is 14.0. The molecule has 0 saturated carbocycles. The zero-order valence-corrected chi connectivity index (χ0v) is 16.6. The van der Waals surface area contributed by atoms with Crippen molar-refractivity contribution in [2.24, 2.45) is 5.73 Å². The van der Waals surface area contributed by atoms with Crippen LogP contribution in [0.5, 0.6) is 5.75 Å². The first-order valence-electron chi connectivity index (χ1n) is 9.72. The van der Waals surface area contributed by atoms with Gasteiger partial charge in [0, 0.05) is 13.0 Å². The molecule has 0 fully saturated rings. The Balaban J connectivity index is 1.64. The summed E-state index contributed by atoms with van der Waals surface area (Å²) in [5, 5.41) is 2.09. The molecule has 29 heavy (non-hydrogen) atoms. The summed E-state index contributed by atoms with van der Waals surface area (Å²) in [5.41, 5.74) is 8.70. The van der Waals surface area contributed by atoms with Gasteiger partial charge in [-0.05, 0) is 46.5 Å². The standard InChI is InChI=1S/C24H24N2O3/c1-15(16-7-8-19-12-21(29-2)10-9-18(19)11-16)24(28)26-14-20-6-4-3-5-17(20)13-22(26)23(25)27/h3-12,15,22H,13-14H2,1-2H3,(H2,25,27)/t15-,22-/m0/s1. The van der Waals surface area contributed by atoms with E-state index in [2.05, 4.69) is 0 Å². The van der Waals surface area contributed by atoms with E-state index in [4.69, 9.17) is 10.5 Å². The zero-order valence-electron chi connectivity index (χ0n) is 16.6. The highest BCUT2D eigenvalue weighted by molar-refractivity contribution is 5.92. The molecule has 5 nitrogen and oxygen atoms in total. The van der Waals surface area contributed by atoms with E-state index < -0.39 is 11.9 Å². The van der Waals surface area contributed by atoms with E-state index in [0.717, 1.165) is 33.2 Å². The van der Waals surface area contributed by atoms with E-state index in [0.29, 0.717) is 13.0 Å². The average Bonchev–Trinajstić information content (AvgIpc) is 2.76. The predicted molar refractivity (Wildman–Crippen MR) is 113 cm³/mol. The molecule has 2 N–H and O–H groups in total. The quantitative estimate of drug-likeness (QED) is 0.745. The Kier molecular flexibility index (Phi) is 4.97. The van der Waals surface area contributed by atoms with Crippen LogP contribution in [0.15, 0.2) is 60.7 Å². The SMILES string of the molecule is COc1ccc2cc([C@H](C)C(=O)N3Cc4ccccc4C[C@H]3C(N)=O)ccc2c1. The second-order valence-corrected chi connectivity index (χ2v) is 7.55. The molecule has 5 heteroatoms. The third kappa shape index (κ3) is 3.56. The minimum atomic E-state index is -0.621. The number of amides is 2. The van der Waals surface area contributed by atoms with E-state index in [1.54, 1.807) is 12.0 Å². The number of carbonyl (C=O) groups excluding carboxylic acids is 2. The number of nitrogens with zero attached hydrogens (tertiary/aromatic N) is 1. The second kappa shape index (κ2) is 7.59. The number of methoxy groups -OCH3 is 1. The Morgan fingerprint density at radius 1 is 1.03 bits per heavy atom. The first-order valence-corrected chi connectivity index (χ1v) is 9.72. The minimum absolute atomic E-state index is 0.0869. The first kappa shape index (κ1) is 19.0. The molecule has 0 aromatic heterocycles. The Morgan fingerprint density at radius 2 is 1.72 bits per heavy atom. The molecule has 0 spiro atoms. The molecule has 2 atom stereocenters. The van der Waals surface area contributed by atoms with E-state index >= 15 is 0 Å². The molecule has 3 aromatic carbocycles. The second-order valence-electron chi connectivity index (χ2n) is 7.55. The summed E-state index contributed by atoms with van der Waals surface area (Å²) < 4.78 is 5.28. The lowest BCUT2D eigenvalue weighted by molar-refractivity contribution is -0.141. The van der Waals surface area contributed by atoms with Crippen LogP contribution in [-0.2, 0) is 22.6 Å². The highest BCUT2D eigenvalue weighted by Crippen LogP contribution is 2.30. The van der Waals surface area contributed by atoms with E-state index in [9.17, 15) is 9.59 Å². The Labute approximate surface area is 170 Å². The molecule has 1 heterocycles. The summed E-state index contributed by atoms with van der Waals surface area (Å²) in [5.74, 6) is -0.138. The molecule has 0 bridgehead atoms. The van der Waals surface area contributed by atoms with Gasteiger partial charge in [0.1, 0.15) is 11.8 Å². The van der Waals surface area contributed by atoms with Crippen LogP contribution in [0, 0.1) is 0 Å². The van der Waals surface area contributed by atoms with Crippen LogP contribution in [-0.4, -0.2) is 29.9 Å². The van der Waals surface area contributed by atoms with Crippen LogP contribution in [0.3, 0.4) is 0 Å². The lowest BCUT2D eigenvalue weighted by Gasteiger charge is -2.36. The highest BCUT2D eigenvalue weighted by atomic mass is 16.5. The molecular formula is C24H24N2O3. The van der Waals surface area contributed by atoms with Gasteiger partial charge in [0.25, 0.3) is 0 Å². The van der Waals surface area contributed by atoms with Gasteiger partial charge in [0.15, 0.2) is 0 Å². The van der Waals surface area contributed by atoms with Crippen LogP contribution in [0.25, 0.3) is 10.8 Å². The fourth-order valence-electron chi connectivity index (χ4n) is 4.04. The number of benzene rings is 3. The predicted octanol–water partition coefficient (Wildman–Crippen LogP) is 3.39. The highest BCUT2D eigenvalue weighted by Gasteiger charge is 2.35. The van der Waals surface area contributed by atoms with E-state index in [-0.39, 0.29) is 11.8 Å². The van der Waals surface area contributed by atoms with Gasteiger partial charge in [0.2, 0.25) is 11.8 Å². The van der Waals surface area contributed by atoms with Crippen molar-refractivity contribution in [3.05, 3.63) is 77.4 Å². The smallest absolute Gasteiger partial charge is 0.240 e. The van der Waals surface area contributed by atoms with Gasteiger partial charge in [-0.2, -0.15) is 0 Å². The summed E-state index contributed by atoms with van der Waals surface area (Å²) in [6.07, 6.45) is 0.460. The molecule has 4 rings (SSSR count). The number of rotatable bonds is 4. The van der Waals surface area contributed by atoms with Crippen molar-refractivity contribution >= 4 is 22.6 Å². The fourth-order valence-corrected chi connectivity index (χ4v) is 4.04. The Bertz CT molecular complexity index is 1090. The average molecular weight is 388 g/mol. The van der Waals surface area contributed by atoms with Gasteiger partial charge in [-0.3, -0.25) is 9.59 Å². The summed E-state index contributed by atoms with van der Waals surface area (Å²) in [6.45, 7) is 2.28. The number of ether oxygens (including phenoxy) is 1.